The van der Waals surface area contributed by atoms with E-state index in [2.05, 4.69) is 11.9 Å². The predicted molar refractivity (Wildman–Crippen MR) is 91.7 cm³/mol. The van der Waals surface area contributed by atoms with E-state index in [0.717, 1.165) is 29.8 Å². The summed E-state index contributed by atoms with van der Waals surface area (Å²) in [4.78, 5) is 0. The molecule has 22 heavy (non-hydrogen) atoms. The van der Waals surface area contributed by atoms with Crippen molar-refractivity contribution in [2.24, 2.45) is 0 Å². The number of halogens is 1. The summed E-state index contributed by atoms with van der Waals surface area (Å²) in [5, 5.41) is 11.7. The fourth-order valence-corrected chi connectivity index (χ4v) is 1.78. The monoisotopic (exact) mass is 300 g/mol. The Bertz CT molecular complexity index is 577. The minimum atomic E-state index is -0.0972. The molecular formula is C19H25FN2. The van der Waals surface area contributed by atoms with Gasteiger partial charge in [0.2, 0.25) is 0 Å². The summed E-state index contributed by atoms with van der Waals surface area (Å²) in [6.07, 6.45) is 4.68. The molecule has 0 bridgehead atoms. The third kappa shape index (κ3) is 6.41. The Morgan fingerprint density at radius 3 is 2.45 bits per heavy atom. The number of dihydropyridines is 1. The summed E-state index contributed by atoms with van der Waals surface area (Å²) in [6.45, 7) is 12.4. The Morgan fingerprint density at radius 2 is 2.00 bits per heavy atom. The Labute approximate surface area is 133 Å². The Hall–Kier alpha value is -2.34. The second kappa shape index (κ2) is 11.3. The van der Waals surface area contributed by atoms with E-state index in [1.807, 2.05) is 52.0 Å². The molecule has 118 valence electrons. The average molecular weight is 300 g/mol. The highest BCUT2D eigenvalue weighted by molar-refractivity contribution is 5.49. The number of nitrogens with one attached hydrogen (secondary N) is 1. The summed E-state index contributed by atoms with van der Waals surface area (Å²) in [5.41, 5.74) is 3.25. The second-order valence-electron chi connectivity index (χ2n) is 4.36. The first kappa shape index (κ1) is 19.7. The maximum Gasteiger partial charge on any atom is 0.126 e. The molecule has 0 radical (unpaired) electrons. The van der Waals surface area contributed by atoms with Gasteiger partial charge >= 0.3 is 0 Å². The van der Waals surface area contributed by atoms with Gasteiger partial charge in [0.25, 0.3) is 0 Å². The lowest BCUT2D eigenvalue weighted by Gasteiger charge is -2.12. The third-order valence-corrected chi connectivity index (χ3v) is 2.97. The number of nitriles is 1. The molecule has 1 N–H and O–H groups in total. The summed E-state index contributed by atoms with van der Waals surface area (Å²) in [5.74, 6) is -0.0972. The van der Waals surface area contributed by atoms with Crippen LogP contribution in [0.2, 0.25) is 0 Å². The van der Waals surface area contributed by atoms with Gasteiger partial charge in [-0.2, -0.15) is 5.26 Å². The molecule has 3 heteroatoms. The molecule has 0 aliphatic carbocycles. The van der Waals surface area contributed by atoms with Crippen LogP contribution in [0.15, 0.2) is 59.8 Å². The van der Waals surface area contributed by atoms with Crippen molar-refractivity contribution in [1.82, 2.24) is 5.32 Å². The summed E-state index contributed by atoms with van der Waals surface area (Å²) in [6, 6.07) is 8.86. The van der Waals surface area contributed by atoms with E-state index in [1.165, 1.54) is 6.07 Å². The number of hydrogen-bond donors (Lipinski definition) is 1. The summed E-state index contributed by atoms with van der Waals surface area (Å²) >= 11 is 0. The van der Waals surface area contributed by atoms with Crippen molar-refractivity contribution in [3.8, 4) is 6.07 Å². The molecule has 1 aliphatic heterocycles. The molecule has 1 aromatic carbocycles. The van der Waals surface area contributed by atoms with Gasteiger partial charge in [-0.05, 0) is 25.0 Å². The normalized spacial score (nSPS) is 12.0. The highest BCUT2D eigenvalue weighted by Crippen LogP contribution is 2.14. The lowest BCUT2D eigenvalue weighted by atomic mass is 10.0. The molecular weight excluding hydrogens is 275 g/mol. The van der Waals surface area contributed by atoms with E-state index < -0.39 is 0 Å². The SMILES string of the molecule is C=C(C#N)C1=C(C)NCC=C1.CC.CCc1ccccc1F. The first-order valence-electron chi connectivity index (χ1n) is 7.54. The van der Waals surface area contributed by atoms with Crippen LogP contribution >= 0.6 is 0 Å². The van der Waals surface area contributed by atoms with Crippen LogP contribution in [-0.2, 0) is 6.42 Å². The lowest BCUT2D eigenvalue weighted by molar-refractivity contribution is 0.612. The summed E-state index contributed by atoms with van der Waals surface area (Å²) in [7, 11) is 0. The fourth-order valence-electron chi connectivity index (χ4n) is 1.78. The second-order valence-corrected chi connectivity index (χ2v) is 4.36. The lowest BCUT2D eigenvalue weighted by Crippen LogP contribution is -2.16. The van der Waals surface area contributed by atoms with Crippen LogP contribution in [0, 0.1) is 17.1 Å². The molecule has 0 aromatic heterocycles. The number of rotatable bonds is 2. The van der Waals surface area contributed by atoms with Gasteiger partial charge in [-0.15, -0.1) is 0 Å². The van der Waals surface area contributed by atoms with Crippen molar-refractivity contribution >= 4 is 0 Å². The molecule has 0 fully saturated rings. The smallest absolute Gasteiger partial charge is 0.126 e. The van der Waals surface area contributed by atoms with Gasteiger partial charge < -0.3 is 5.32 Å². The van der Waals surface area contributed by atoms with Gasteiger partial charge in [0.05, 0.1) is 11.6 Å². The summed E-state index contributed by atoms with van der Waals surface area (Å²) < 4.78 is 12.6. The van der Waals surface area contributed by atoms with Crippen LogP contribution in [0.3, 0.4) is 0 Å². The molecule has 0 saturated carbocycles. The number of benzene rings is 1. The molecule has 0 saturated heterocycles. The molecule has 1 heterocycles. The number of allylic oxidation sites excluding steroid dienone is 4. The van der Waals surface area contributed by atoms with Gasteiger partial charge in [0, 0.05) is 17.8 Å². The van der Waals surface area contributed by atoms with Gasteiger partial charge in [-0.25, -0.2) is 4.39 Å². The van der Waals surface area contributed by atoms with E-state index in [9.17, 15) is 4.39 Å². The Balaban J connectivity index is 0.000000366. The van der Waals surface area contributed by atoms with Gasteiger partial charge in [-0.3, -0.25) is 0 Å². The van der Waals surface area contributed by atoms with Crippen LogP contribution in [0.4, 0.5) is 4.39 Å². The Kier molecular flexibility index (Phi) is 10.1. The molecule has 2 nitrogen and oxygen atoms in total. The van der Waals surface area contributed by atoms with Gasteiger partial charge in [0.1, 0.15) is 5.82 Å². The van der Waals surface area contributed by atoms with Crippen molar-refractivity contribution in [2.45, 2.75) is 34.1 Å². The van der Waals surface area contributed by atoms with Gasteiger partial charge in [0.15, 0.2) is 0 Å². The fraction of sp³-hybridized carbons (Fsp3) is 0.316. The predicted octanol–water partition coefficient (Wildman–Crippen LogP) is 4.91. The molecule has 1 aliphatic rings. The highest BCUT2D eigenvalue weighted by atomic mass is 19.1. The molecule has 1 aromatic rings. The van der Waals surface area contributed by atoms with Crippen molar-refractivity contribution in [1.29, 1.82) is 5.26 Å². The van der Waals surface area contributed by atoms with Crippen molar-refractivity contribution in [3.63, 3.8) is 0 Å². The van der Waals surface area contributed by atoms with Crippen LogP contribution in [-0.4, -0.2) is 6.54 Å². The number of nitrogens with zero attached hydrogens (tertiary/aromatic N) is 1. The minimum absolute atomic E-state index is 0.0972. The maximum absolute atomic E-state index is 12.6. The zero-order chi connectivity index (χ0) is 17.0. The Morgan fingerprint density at radius 1 is 1.36 bits per heavy atom. The first-order chi connectivity index (χ1) is 10.6. The average Bonchev–Trinajstić information content (AvgIpc) is 2.57. The molecule has 0 atom stereocenters. The van der Waals surface area contributed by atoms with Gasteiger partial charge in [-0.1, -0.05) is 57.7 Å². The molecule has 0 amide bonds. The van der Waals surface area contributed by atoms with Crippen molar-refractivity contribution in [3.05, 3.63) is 71.2 Å². The van der Waals surface area contributed by atoms with Crippen molar-refractivity contribution in [2.75, 3.05) is 6.54 Å². The molecule has 0 spiro atoms. The highest BCUT2D eigenvalue weighted by Gasteiger charge is 2.05. The van der Waals surface area contributed by atoms with E-state index >= 15 is 0 Å². The molecule has 2 rings (SSSR count). The van der Waals surface area contributed by atoms with Crippen molar-refractivity contribution < 1.29 is 4.39 Å². The van der Waals surface area contributed by atoms with Crippen LogP contribution in [0.5, 0.6) is 0 Å². The van der Waals surface area contributed by atoms with E-state index in [4.69, 9.17) is 5.26 Å². The minimum Gasteiger partial charge on any atom is -0.385 e. The zero-order valence-corrected chi connectivity index (χ0v) is 13.9. The third-order valence-electron chi connectivity index (χ3n) is 2.97. The van der Waals surface area contributed by atoms with E-state index in [0.29, 0.717) is 5.57 Å². The van der Waals surface area contributed by atoms with Crippen LogP contribution in [0.1, 0.15) is 33.3 Å². The first-order valence-corrected chi connectivity index (χ1v) is 7.54. The van der Waals surface area contributed by atoms with E-state index in [1.54, 1.807) is 12.1 Å². The van der Waals surface area contributed by atoms with Crippen LogP contribution < -0.4 is 5.32 Å². The molecule has 0 unspecified atom stereocenters. The standard InChI is InChI=1S/C9H10N2.C8H9F.C2H6/c1-7(6-10)9-4-3-5-11-8(9)2;1-2-7-5-3-4-6-8(7)9;1-2/h3-4,11H,1,5H2,2H3;3-6H,2H2,1H3;1-2H3. The number of hydrogen-bond acceptors (Lipinski definition) is 2. The quantitative estimate of drug-likeness (QED) is 0.787. The maximum atomic E-state index is 12.6. The van der Waals surface area contributed by atoms with Crippen LogP contribution in [0.25, 0.3) is 0 Å². The zero-order valence-electron chi connectivity index (χ0n) is 13.9. The topological polar surface area (TPSA) is 35.8 Å². The number of aryl methyl sites for hydroxylation is 1. The van der Waals surface area contributed by atoms with E-state index in [-0.39, 0.29) is 5.82 Å². The largest absolute Gasteiger partial charge is 0.385 e.